The molecule has 1 aliphatic rings. The van der Waals surface area contributed by atoms with Gasteiger partial charge in [0.05, 0.1) is 11.3 Å². The zero-order valence-corrected chi connectivity index (χ0v) is 7.82. The van der Waals surface area contributed by atoms with Gasteiger partial charge < -0.3 is 5.32 Å². The summed E-state index contributed by atoms with van der Waals surface area (Å²) in [6.07, 6.45) is 3.06. The summed E-state index contributed by atoms with van der Waals surface area (Å²) in [5, 5.41) is 7.17. The summed E-state index contributed by atoms with van der Waals surface area (Å²) in [6, 6.07) is 0.0927. The van der Waals surface area contributed by atoms with Gasteiger partial charge in [-0.15, -0.1) is 4.91 Å². The molecule has 0 bridgehead atoms. The molecule has 1 N–H and O–H groups in total. The smallest absolute Gasteiger partial charge is 0.216 e. The summed E-state index contributed by atoms with van der Waals surface area (Å²) >= 11 is 0. The topological polar surface area (TPSA) is 61.8 Å². The first-order valence-corrected chi connectivity index (χ1v) is 4.58. The van der Waals surface area contributed by atoms with Crippen LogP contribution in [0.4, 0.5) is 0 Å². The van der Waals surface area contributed by atoms with Crippen molar-refractivity contribution in [3.63, 3.8) is 0 Å². The van der Waals surface area contributed by atoms with E-state index in [1.54, 1.807) is 0 Å². The number of hydrogen-bond acceptors (Lipinski definition) is 3. The lowest BCUT2D eigenvalue weighted by Crippen LogP contribution is -2.43. The molecule has 1 amide bonds. The summed E-state index contributed by atoms with van der Waals surface area (Å²) in [5.74, 6) is -0.0589. The molecule has 1 fully saturated rings. The Balaban J connectivity index is 2.35. The van der Waals surface area contributed by atoms with Crippen LogP contribution >= 0.6 is 0 Å². The lowest BCUT2D eigenvalue weighted by Gasteiger charge is -2.30. The third-order valence-corrected chi connectivity index (χ3v) is 2.29. The zero-order chi connectivity index (χ0) is 9.68. The highest BCUT2D eigenvalue weighted by molar-refractivity contribution is 5.72. The molecule has 0 aliphatic carbocycles. The number of rotatable bonds is 3. The highest BCUT2D eigenvalue weighted by Gasteiger charge is 2.21. The molecular weight excluding hydrogens is 170 g/mol. The standard InChI is InChI=1S/C8H15N3O2/c1-7(12)9-6-8-4-2-3-5-11(8)10-13/h8H,2-6H2,1H3,(H,9,12). The summed E-state index contributed by atoms with van der Waals surface area (Å²) in [6.45, 7) is 2.72. The number of piperidine rings is 1. The Morgan fingerprint density at radius 1 is 1.62 bits per heavy atom. The van der Waals surface area contributed by atoms with Crippen LogP contribution < -0.4 is 5.32 Å². The fourth-order valence-corrected chi connectivity index (χ4v) is 1.56. The number of nitroso groups, excluding NO2 is 1. The van der Waals surface area contributed by atoms with E-state index in [1.165, 1.54) is 11.9 Å². The predicted octanol–water partition coefficient (Wildman–Crippen LogP) is 0.658. The molecule has 0 aromatic rings. The lowest BCUT2D eigenvalue weighted by atomic mass is 10.0. The van der Waals surface area contributed by atoms with Gasteiger partial charge in [-0.1, -0.05) is 0 Å². The Morgan fingerprint density at radius 3 is 3.00 bits per heavy atom. The normalized spacial score (nSPS) is 22.5. The van der Waals surface area contributed by atoms with Crippen LogP contribution in [-0.2, 0) is 4.79 Å². The summed E-state index contributed by atoms with van der Waals surface area (Å²) in [4.78, 5) is 21.0. The van der Waals surface area contributed by atoms with Gasteiger partial charge in [-0.2, -0.15) is 0 Å². The second-order valence-electron chi connectivity index (χ2n) is 3.33. The van der Waals surface area contributed by atoms with Gasteiger partial charge >= 0.3 is 0 Å². The highest BCUT2D eigenvalue weighted by atomic mass is 16.3. The highest BCUT2D eigenvalue weighted by Crippen LogP contribution is 2.16. The van der Waals surface area contributed by atoms with E-state index in [9.17, 15) is 9.70 Å². The molecule has 1 unspecified atom stereocenters. The Hall–Kier alpha value is -1.13. The van der Waals surface area contributed by atoms with Crippen LogP contribution in [0.5, 0.6) is 0 Å². The number of nitrogens with zero attached hydrogens (tertiary/aromatic N) is 2. The van der Waals surface area contributed by atoms with E-state index in [4.69, 9.17) is 0 Å². The van der Waals surface area contributed by atoms with Gasteiger partial charge in [0, 0.05) is 20.0 Å². The molecular formula is C8H15N3O2. The van der Waals surface area contributed by atoms with Crippen LogP contribution in [-0.4, -0.2) is 30.0 Å². The average Bonchev–Trinajstić information content (AvgIpc) is 2.15. The van der Waals surface area contributed by atoms with Crippen molar-refractivity contribution in [2.75, 3.05) is 13.1 Å². The van der Waals surface area contributed by atoms with Crippen molar-refractivity contribution in [3.8, 4) is 0 Å². The van der Waals surface area contributed by atoms with Crippen molar-refractivity contribution in [3.05, 3.63) is 4.91 Å². The van der Waals surface area contributed by atoms with E-state index in [1.807, 2.05) is 0 Å². The van der Waals surface area contributed by atoms with E-state index in [-0.39, 0.29) is 11.9 Å². The van der Waals surface area contributed by atoms with Crippen LogP contribution in [0.2, 0.25) is 0 Å². The summed E-state index contributed by atoms with van der Waals surface area (Å²) in [7, 11) is 0. The molecule has 1 rings (SSSR count). The van der Waals surface area contributed by atoms with E-state index >= 15 is 0 Å². The largest absolute Gasteiger partial charge is 0.354 e. The molecule has 0 radical (unpaired) electrons. The maximum Gasteiger partial charge on any atom is 0.216 e. The maximum absolute atomic E-state index is 10.6. The molecule has 13 heavy (non-hydrogen) atoms. The number of hydrogen-bond donors (Lipinski definition) is 1. The van der Waals surface area contributed by atoms with Crippen molar-refractivity contribution in [1.82, 2.24) is 10.3 Å². The molecule has 5 heteroatoms. The minimum atomic E-state index is -0.0589. The van der Waals surface area contributed by atoms with E-state index < -0.39 is 0 Å². The average molecular weight is 185 g/mol. The van der Waals surface area contributed by atoms with Crippen LogP contribution in [0.3, 0.4) is 0 Å². The van der Waals surface area contributed by atoms with Crippen molar-refractivity contribution in [2.45, 2.75) is 32.2 Å². The number of carbonyl (C=O) groups excluding carboxylic acids is 1. The first-order valence-electron chi connectivity index (χ1n) is 4.58. The van der Waals surface area contributed by atoms with Crippen molar-refractivity contribution < 1.29 is 4.79 Å². The third-order valence-electron chi connectivity index (χ3n) is 2.29. The van der Waals surface area contributed by atoms with Gasteiger partial charge in [-0.05, 0) is 19.3 Å². The van der Waals surface area contributed by atoms with Crippen molar-refractivity contribution in [2.24, 2.45) is 5.29 Å². The Bertz CT molecular complexity index is 196. The molecule has 1 saturated heterocycles. The molecule has 1 heterocycles. The zero-order valence-electron chi connectivity index (χ0n) is 7.82. The summed E-state index contributed by atoms with van der Waals surface area (Å²) in [5.41, 5.74) is 0. The molecule has 0 saturated carbocycles. The van der Waals surface area contributed by atoms with Crippen molar-refractivity contribution >= 4 is 5.91 Å². The van der Waals surface area contributed by atoms with E-state index in [0.717, 1.165) is 19.3 Å². The quantitative estimate of drug-likeness (QED) is 0.657. The van der Waals surface area contributed by atoms with Gasteiger partial charge in [0.25, 0.3) is 0 Å². The molecule has 74 valence electrons. The predicted molar refractivity (Wildman–Crippen MR) is 48.8 cm³/mol. The fraction of sp³-hybridized carbons (Fsp3) is 0.875. The molecule has 1 atom stereocenters. The van der Waals surface area contributed by atoms with Crippen LogP contribution in [0.25, 0.3) is 0 Å². The van der Waals surface area contributed by atoms with Crippen LogP contribution in [0.15, 0.2) is 5.29 Å². The van der Waals surface area contributed by atoms with Gasteiger partial charge in [-0.25, -0.2) is 0 Å². The minimum absolute atomic E-state index is 0.0589. The monoisotopic (exact) mass is 185 g/mol. The fourth-order valence-electron chi connectivity index (χ4n) is 1.56. The molecule has 1 aliphatic heterocycles. The Kier molecular flexibility index (Phi) is 3.67. The first-order chi connectivity index (χ1) is 6.24. The molecule has 0 aromatic carbocycles. The molecule has 5 nitrogen and oxygen atoms in total. The molecule has 0 aromatic heterocycles. The Labute approximate surface area is 77.4 Å². The van der Waals surface area contributed by atoms with E-state index in [0.29, 0.717) is 13.1 Å². The second-order valence-corrected chi connectivity index (χ2v) is 3.33. The Morgan fingerprint density at radius 2 is 2.38 bits per heavy atom. The van der Waals surface area contributed by atoms with Crippen LogP contribution in [0, 0.1) is 4.91 Å². The van der Waals surface area contributed by atoms with E-state index in [2.05, 4.69) is 10.6 Å². The second kappa shape index (κ2) is 4.79. The maximum atomic E-state index is 10.6. The number of amides is 1. The summed E-state index contributed by atoms with van der Waals surface area (Å²) < 4.78 is 0. The minimum Gasteiger partial charge on any atom is -0.354 e. The number of carbonyl (C=O) groups is 1. The van der Waals surface area contributed by atoms with Gasteiger partial charge in [0.2, 0.25) is 5.91 Å². The van der Waals surface area contributed by atoms with Crippen LogP contribution in [0.1, 0.15) is 26.2 Å². The SMILES string of the molecule is CC(=O)NCC1CCCCN1N=O. The molecule has 0 spiro atoms. The van der Waals surface area contributed by atoms with Gasteiger partial charge in [0.15, 0.2) is 0 Å². The van der Waals surface area contributed by atoms with Gasteiger partial charge in [0.1, 0.15) is 0 Å². The van der Waals surface area contributed by atoms with Gasteiger partial charge in [-0.3, -0.25) is 9.80 Å². The third kappa shape index (κ3) is 3.01. The van der Waals surface area contributed by atoms with Crippen molar-refractivity contribution in [1.29, 1.82) is 0 Å². The first kappa shape index (κ1) is 9.95. The number of nitrogens with one attached hydrogen (secondary N) is 1. The lowest BCUT2D eigenvalue weighted by molar-refractivity contribution is -0.119.